The quantitative estimate of drug-likeness (QED) is 0.769. The highest BCUT2D eigenvalue weighted by Gasteiger charge is 2.42. The van der Waals surface area contributed by atoms with Crippen LogP contribution in [0, 0.1) is 0 Å². The summed E-state index contributed by atoms with van der Waals surface area (Å²) in [5, 5.41) is 1.11. The molecule has 1 aromatic rings. The summed E-state index contributed by atoms with van der Waals surface area (Å²) in [7, 11) is 0. The lowest BCUT2D eigenvalue weighted by atomic mass is 9.94. The number of amidine groups is 1. The number of hydrogen-bond donors (Lipinski definition) is 0. The molecule has 1 aromatic carbocycles. The molecule has 2 aliphatic rings. The number of carbonyl (C=O) groups excluding carboxylic acids is 2. The van der Waals surface area contributed by atoms with Gasteiger partial charge in [-0.3, -0.25) is 9.69 Å². The summed E-state index contributed by atoms with van der Waals surface area (Å²) in [5.74, 6) is 0.156. The Kier molecular flexibility index (Phi) is 4.96. The van der Waals surface area contributed by atoms with Crippen molar-refractivity contribution in [2.24, 2.45) is 4.99 Å². The number of aliphatic imine (C=N–C) groups is 1. The molecular weight excluding hydrogens is 348 g/mol. The van der Waals surface area contributed by atoms with E-state index in [1.807, 2.05) is 18.2 Å². The lowest BCUT2D eigenvalue weighted by Gasteiger charge is -2.39. The number of amides is 1. The van der Waals surface area contributed by atoms with E-state index in [0.29, 0.717) is 39.2 Å². The van der Waals surface area contributed by atoms with Crippen molar-refractivity contribution in [2.45, 2.75) is 26.3 Å². The molecule has 1 saturated heterocycles. The topological polar surface area (TPSA) is 59.0 Å². The minimum atomic E-state index is -0.606. The average molecular weight is 365 g/mol. The number of rotatable bonds is 3. The third-order valence-corrected chi connectivity index (χ3v) is 5.20. The Labute approximate surface area is 149 Å². The Morgan fingerprint density at radius 2 is 2.21 bits per heavy atom. The molecule has 0 bridgehead atoms. The van der Waals surface area contributed by atoms with Crippen molar-refractivity contribution in [3.8, 4) is 0 Å². The molecule has 0 spiro atoms. The van der Waals surface area contributed by atoms with Crippen molar-refractivity contribution in [3.63, 3.8) is 0 Å². The van der Waals surface area contributed by atoms with E-state index in [2.05, 4.69) is 4.99 Å². The van der Waals surface area contributed by atoms with Gasteiger partial charge >= 0.3 is 5.97 Å². The van der Waals surface area contributed by atoms with E-state index in [4.69, 9.17) is 16.3 Å². The van der Waals surface area contributed by atoms with Gasteiger partial charge in [0.2, 0.25) is 5.91 Å². The smallest absolute Gasteiger partial charge is 0.338 e. The van der Waals surface area contributed by atoms with Crippen LogP contribution in [-0.2, 0) is 14.3 Å². The number of esters is 1. The van der Waals surface area contributed by atoms with E-state index >= 15 is 0 Å². The summed E-state index contributed by atoms with van der Waals surface area (Å²) in [4.78, 5) is 31.2. The number of carbonyl (C=O) groups is 2. The van der Waals surface area contributed by atoms with Gasteiger partial charge in [-0.1, -0.05) is 41.6 Å². The van der Waals surface area contributed by atoms with Gasteiger partial charge in [0.15, 0.2) is 5.17 Å². The van der Waals surface area contributed by atoms with Crippen molar-refractivity contribution >= 4 is 40.4 Å². The molecule has 0 radical (unpaired) electrons. The molecule has 0 unspecified atom stereocenters. The molecular formula is C17H17ClN2O3S. The zero-order chi connectivity index (χ0) is 17.3. The highest BCUT2D eigenvalue weighted by atomic mass is 35.5. The molecule has 7 heteroatoms. The van der Waals surface area contributed by atoms with E-state index in [0.717, 1.165) is 0 Å². The third-order valence-electron chi connectivity index (χ3n) is 3.90. The van der Waals surface area contributed by atoms with Crippen molar-refractivity contribution in [1.82, 2.24) is 4.90 Å². The van der Waals surface area contributed by atoms with Gasteiger partial charge in [0.05, 0.1) is 23.9 Å². The fraction of sp³-hybridized carbons (Fsp3) is 0.353. The van der Waals surface area contributed by atoms with Crippen LogP contribution in [0.25, 0.3) is 0 Å². The summed E-state index contributed by atoms with van der Waals surface area (Å²) in [6.45, 7) is 3.77. The van der Waals surface area contributed by atoms with E-state index in [9.17, 15) is 9.59 Å². The normalized spacial score (nSPS) is 20.6. The van der Waals surface area contributed by atoms with Crippen LogP contribution in [0.5, 0.6) is 0 Å². The number of ether oxygens (including phenoxy) is 1. The van der Waals surface area contributed by atoms with E-state index in [1.165, 1.54) is 11.8 Å². The predicted octanol–water partition coefficient (Wildman–Crippen LogP) is 3.55. The molecule has 2 heterocycles. The van der Waals surface area contributed by atoms with E-state index < -0.39 is 12.0 Å². The lowest BCUT2D eigenvalue weighted by Crippen LogP contribution is -2.46. The van der Waals surface area contributed by atoms with Crippen molar-refractivity contribution in [3.05, 3.63) is 46.1 Å². The molecule has 3 rings (SSSR count). The second-order valence-electron chi connectivity index (χ2n) is 5.40. The van der Waals surface area contributed by atoms with Gasteiger partial charge in [0.1, 0.15) is 0 Å². The average Bonchev–Trinajstić information content (AvgIpc) is 2.54. The van der Waals surface area contributed by atoms with E-state index in [-0.39, 0.29) is 12.5 Å². The maximum atomic E-state index is 12.6. The number of thioether (sulfide) groups is 1. The van der Waals surface area contributed by atoms with Gasteiger partial charge in [0.25, 0.3) is 0 Å². The Hall–Kier alpha value is -1.79. The summed E-state index contributed by atoms with van der Waals surface area (Å²) in [6.07, 6.45) is 0.403. The first-order valence-corrected chi connectivity index (χ1v) is 9.06. The third kappa shape index (κ3) is 2.96. The van der Waals surface area contributed by atoms with Crippen molar-refractivity contribution in [1.29, 1.82) is 0 Å². The van der Waals surface area contributed by atoms with Crippen LogP contribution in [0.1, 0.15) is 31.9 Å². The van der Waals surface area contributed by atoms with Crippen molar-refractivity contribution < 1.29 is 14.3 Å². The van der Waals surface area contributed by atoms with Crippen LogP contribution >= 0.6 is 23.4 Å². The highest BCUT2D eigenvalue weighted by Crippen LogP contribution is 2.42. The first-order valence-electron chi connectivity index (χ1n) is 7.70. The number of hydrogen-bond acceptors (Lipinski definition) is 5. The first-order chi connectivity index (χ1) is 11.5. The molecule has 0 N–H and O–H groups in total. The van der Waals surface area contributed by atoms with Gasteiger partial charge in [-0.2, -0.15) is 0 Å². The Morgan fingerprint density at radius 1 is 1.46 bits per heavy atom. The summed E-state index contributed by atoms with van der Waals surface area (Å²) >= 11 is 7.88. The van der Waals surface area contributed by atoms with Gasteiger partial charge in [-0.05, 0) is 25.5 Å². The SMILES string of the molecule is CCOC(=O)C1=C(C)N=C2SCCC(=O)N2[C@H]1c1ccccc1Cl. The zero-order valence-corrected chi connectivity index (χ0v) is 15.0. The van der Waals surface area contributed by atoms with Crippen LogP contribution in [0.3, 0.4) is 0 Å². The zero-order valence-electron chi connectivity index (χ0n) is 13.4. The molecule has 0 aromatic heterocycles. The van der Waals surface area contributed by atoms with Crippen LogP contribution < -0.4 is 0 Å². The summed E-state index contributed by atoms with van der Waals surface area (Å²) < 4.78 is 5.20. The van der Waals surface area contributed by atoms with Gasteiger partial charge in [-0.15, -0.1) is 0 Å². The minimum Gasteiger partial charge on any atom is -0.463 e. The number of halogens is 1. The lowest BCUT2D eigenvalue weighted by molar-refractivity contribution is -0.139. The van der Waals surface area contributed by atoms with Crippen LogP contribution in [-0.4, -0.2) is 34.3 Å². The molecule has 2 aliphatic heterocycles. The second kappa shape index (κ2) is 6.99. The largest absolute Gasteiger partial charge is 0.463 e. The number of allylic oxidation sites excluding steroid dienone is 1. The Morgan fingerprint density at radius 3 is 2.92 bits per heavy atom. The monoisotopic (exact) mass is 364 g/mol. The fourth-order valence-electron chi connectivity index (χ4n) is 2.86. The molecule has 24 heavy (non-hydrogen) atoms. The number of fused-ring (bicyclic) bond motifs is 1. The minimum absolute atomic E-state index is 0.0632. The standard InChI is InChI=1S/C17H17ClN2O3S/c1-3-23-16(22)14-10(2)19-17-20(13(21)8-9-24-17)15(14)11-6-4-5-7-12(11)18/h4-7,15H,3,8-9H2,1-2H3/t15-/m0/s1. The predicted molar refractivity (Wildman–Crippen MR) is 94.9 cm³/mol. The molecule has 0 aliphatic carbocycles. The Bertz CT molecular complexity index is 760. The maximum Gasteiger partial charge on any atom is 0.338 e. The number of benzene rings is 1. The van der Waals surface area contributed by atoms with Crippen molar-refractivity contribution in [2.75, 3.05) is 12.4 Å². The summed E-state index contributed by atoms with van der Waals surface area (Å²) in [5.41, 5.74) is 1.63. The van der Waals surface area contributed by atoms with Gasteiger partial charge in [0, 0.05) is 17.2 Å². The van der Waals surface area contributed by atoms with E-state index in [1.54, 1.807) is 24.8 Å². The van der Waals surface area contributed by atoms with Gasteiger partial charge in [-0.25, -0.2) is 9.79 Å². The molecule has 1 amide bonds. The highest BCUT2D eigenvalue weighted by molar-refractivity contribution is 8.14. The number of nitrogens with zero attached hydrogens (tertiary/aromatic N) is 2. The maximum absolute atomic E-state index is 12.6. The van der Waals surface area contributed by atoms with Crippen LogP contribution in [0.15, 0.2) is 40.5 Å². The fourth-order valence-corrected chi connectivity index (χ4v) is 4.10. The Balaban J connectivity index is 2.18. The molecule has 0 saturated carbocycles. The molecule has 126 valence electrons. The first kappa shape index (κ1) is 17.0. The molecule has 5 nitrogen and oxygen atoms in total. The summed E-state index contributed by atoms with van der Waals surface area (Å²) in [6, 6.07) is 6.63. The molecule has 1 atom stereocenters. The van der Waals surface area contributed by atoms with Crippen LogP contribution in [0.2, 0.25) is 5.02 Å². The van der Waals surface area contributed by atoms with Gasteiger partial charge < -0.3 is 4.74 Å². The molecule has 1 fully saturated rings. The van der Waals surface area contributed by atoms with Crippen LogP contribution in [0.4, 0.5) is 0 Å². The second-order valence-corrected chi connectivity index (χ2v) is 6.87.